The molecule has 2 aromatic carbocycles. The van der Waals surface area contributed by atoms with Crippen molar-refractivity contribution >= 4 is 55.2 Å². The summed E-state index contributed by atoms with van der Waals surface area (Å²) < 4.78 is 50.4. The molecule has 0 aliphatic rings. The third-order valence-corrected chi connectivity index (χ3v) is 9.87. The van der Waals surface area contributed by atoms with E-state index < -0.39 is 9.84 Å². The van der Waals surface area contributed by atoms with Gasteiger partial charge in [0.1, 0.15) is 41.4 Å². The minimum absolute atomic E-state index is 0.0110. The zero-order valence-corrected chi connectivity index (χ0v) is 27.4. The van der Waals surface area contributed by atoms with E-state index in [9.17, 15) is 12.8 Å². The van der Waals surface area contributed by atoms with Crippen LogP contribution in [0.4, 0.5) is 15.9 Å². The van der Waals surface area contributed by atoms with Gasteiger partial charge in [-0.1, -0.05) is 36.7 Å². The Hall–Kier alpha value is -4.56. The van der Waals surface area contributed by atoms with Gasteiger partial charge in [-0.15, -0.1) is 11.3 Å². The molecule has 0 bridgehead atoms. The van der Waals surface area contributed by atoms with Crippen molar-refractivity contribution in [3.63, 3.8) is 0 Å². The highest BCUT2D eigenvalue weighted by atomic mass is 35.5. The standard InChI is InChI=1S/C33H28ClFN6O4S2/c1-2-29(44-12-13-47(42,43)31-8-3-4-11-36-31)33-41-28(19-46-33)26-16-24-27(17-37-26)38-20-39-32(24)40-23-9-10-30(25(34)15-23)45-18-21-6-5-7-22(35)14-21/h3-11,14-17,19-20,29H,2,12-13,18H2,1H3,(H,38,39,40). The highest BCUT2D eigenvalue weighted by Crippen LogP contribution is 2.33. The fraction of sp³-hybridized carbons (Fsp3) is 0.182. The number of benzene rings is 2. The molecule has 1 unspecified atom stereocenters. The Morgan fingerprint density at radius 3 is 2.68 bits per heavy atom. The van der Waals surface area contributed by atoms with E-state index in [1.54, 1.807) is 42.6 Å². The molecule has 14 heteroatoms. The maximum atomic E-state index is 13.5. The van der Waals surface area contributed by atoms with Crippen molar-refractivity contribution in [2.45, 2.75) is 31.1 Å². The number of halogens is 2. The van der Waals surface area contributed by atoms with Crippen LogP contribution in [0.2, 0.25) is 5.02 Å². The number of aromatic nitrogens is 5. The van der Waals surface area contributed by atoms with Crippen LogP contribution in [0.25, 0.3) is 22.3 Å². The van der Waals surface area contributed by atoms with Crippen LogP contribution in [0.1, 0.15) is 30.0 Å². The Morgan fingerprint density at radius 2 is 1.89 bits per heavy atom. The molecule has 6 rings (SSSR count). The van der Waals surface area contributed by atoms with Crippen LogP contribution < -0.4 is 10.1 Å². The number of fused-ring (bicyclic) bond motifs is 1. The van der Waals surface area contributed by atoms with E-state index >= 15 is 0 Å². The quantitative estimate of drug-likeness (QED) is 0.129. The molecule has 4 aromatic heterocycles. The molecule has 0 radical (unpaired) electrons. The lowest BCUT2D eigenvalue weighted by atomic mass is 10.2. The number of nitrogens with one attached hydrogen (secondary N) is 1. The van der Waals surface area contributed by atoms with Crippen LogP contribution in [0, 0.1) is 5.82 Å². The van der Waals surface area contributed by atoms with E-state index in [4.69, 9.17) is 26.1 Å². The molecule has 4 heterocycles. The van der Waals surface area contributed by atoms with Crippen LogP contribution >= 0.6 is 22.9 Å². The summed E-state index contributed by atoms with van der Waals surface area (Å²) in [6, 6.07) is 18.1. The van der Waals surface area contributed by atoms with E-state index in [1.165, 1.54) is 42.1 Å². The number of rotatable bonds is 13. The van der Waals surface area contributed by atoms with Crippen LogP contribution in [0.5, 0.6) is 5.75 Å². The van der Waals surface area contributed by atoms with Gasteiger partial charge < -0.3 is 14.8 Å². The van der Waals surface area contributed by atoms with Gasteiger partial charge in [0, 0.05) is 22.7 Å². The molecule has 0 aliphatic heterocycles. The minimum atomic E-state index is -3.56. The number of hydrogen-bond acceptors (Lipinski definition) is 11. The summed E-state index contributed by atoms with van der Waals surface area (Å²) >= 11 is 7.93. The third kappa shape index (κ3) is 7.88. The molecular weight excluding hydrogens is 663 g/mol. The van der Waals surface area contributed by atoms with Gasteiger partial charge in [0.15, 0.2) is 14.9 Å². The van der Waals surface area contributed by atoms with Crippen molar-refractivity contribution in [1.29, 1.82) is 0 Å². The van der Waals surface area contributed by atoms with Crippen molar-refractivity contribution in [2.75, 3.05) is 17.7 Å². The van der Waals surface area contributed by atoms with Gasteiger partial charge in [-0.05, 0) is 60.5 Å². The van der Waals surface area contributed by atoms with Crippen molar-refractivity contribution in [2.24, 2.45) is 0 Å². The summed E-state index contributed by atoms with van der Waals surface area (Å²) in [7, 11) is -3.56. The molecule has 47 heavy (non-hydrogen) atoms. The van der Waals surface area contributed by atoms with E-state index in [1.807, 2.05) is 24.4 Å². The molecule has 1 atom stereocenters. The predicted octanol–water partition coefficient (Wildman–Crippen LogP) is 7.60. The van der Waals surface area contributed by atoms with E-state index in [0.29, 0.717) is 51.2 Å². The lowest BCUT2D eigenvalue weighted by Gasteiger charge is -2.13. The highest BCUT2D eigenvalue weighted by Gasteiger charge is 2.20. The van der Waals surface area contributed by atoms with E-state index in [-0.39, 0.29) is 35.9 Å². The average molecular weight is 691 g/mol. The Kier molecular flexibility index (Phi) is 9.97. The molecule has 240 valence electrons. The summed E-state index contributed by atoms with van der Waals surface area (Å²) in [5, 5.41) is 7.03. The van der Waals surface area contributed by atoms with Crippen LogP contribution in [0.15, 0.2) is 95.9 Å². The average Bonchev–Trinajstić information content (AvgIpc) is 3.57. The number of nitrogens with zero attached hydrogens (tertiary/aromatic N) is 5. The maximum absolute atomic E-state index is 13.5. The first-order valence-electron chi connectivity index (χ1n) is 14.5. The third-order valence-electron chi connectivity index (χ3n) is 7.06. The Labute approximate surface area is 279 Å². The van der Waals surface area contributed by atoms with Gasteiger partial charge in [-0.25, -0.2) is 32.7 Å². The van der Waals surface area contributed by atoms with Crippen LogP contribution in [-0.4, -0.2) is 45.7 Å². The van der Waals surface area contributed by atoms with Crippen molar-refractivity contribution in [3.8, 4) is 17.1 Å². The molecular formula is C33H28ClFN6O4S2. The number of thiazole rings is 1. The SMILES string of the molecule is CCC(OCCS(=O)(=O)c1ccccn1)c1nc(-c2cc3c(Nc4ccc(OCc5cccc(F)c5)c(Cl)c4)ncnc3cn2)cs1. The number of sulfone groups is 1. The Morgan fingerprint density at radius 1 is 1.00 bits per heavy atom. The molecule has 0 aliphatic carbocycles. The zero-order chi connectivity index (χ0) is 32.8. The van der Waals surface area contributed by atoms with E-state index in [0.717, 1.165) is 10.4 Å². The molecule has 1 N–H and O–H groups in total. The highest BCUT2D eigenvalue weighted by molar-refractivity contribution is 7.91. The molecule has 0 fully saturated rings. The Balaban J connectivity index is 1.14. The largest absolute Gasteiger partial charge is 0.487 e. The first kappa shape index (κ1) is 32.4. The Bertz CT molecular complexity index is 2120. The van der Waals surface area contributed by atoms with Gasteiger partial charge in [0.2, 0.25) is 0 Å². The summed E-state index contributed by atoms with van der Waals surface area (Å²) in [6.07, 6.45) is 4.79. The topological polar surface area (TPSA) is 129 Å². The van der Waals surface area contributed by atoms with Gasteiger partial charge in [-0.3, -0.25) is 4.98 Å². The second kappa shape index (κ2) is 14.5. The lowest BCUT2D eigenvalue weighted by molar-refractivity contribution is 0.0609. The lowest BCUT2D eigenvalue weighted by Crippen LogP contribution is -2.15. The molecule has 0 saturated carbocycles. The van der Waals surface area contributed by atoms with Gasteiger partial charge in [0.25, 0.3) is 0 Å². The monoisotopic (exact) mass is 690 g/mol. The number of ether oxygens (including phenoxy) is 2. The second-order valence-electron chi connectivity index (χ2n) is 10.3. The van der Waals surface area contributed by atoms with Crippen molar-refractivity contribution in [3.05, 3.63) is 112 Å². The van der Waals surface area contributed by atoms with Crippen molar-refractivity contribution in [1.82, 2.24) is 24.9 Å². The number of hydrogen-bond donors (Lipinski definition) is 1. The number of pyridine rings is 2. The molecule has 6 aromatic rings. The summed E-state index contributed by atoms with van der Waals surface area (Å²) in [5.41, 5.74) is 3.26. The molecule has 0 amide bonds. The number of anilines is 2. The normalized spacial score (nSPS) is 12.2. The zero-order valence-electron chi connectivity index (χ0n) is 25.0. The van der Waals surface area contributed by atoms with Gasteiger partial charge >= 0.3 is 0 Å². The van der Waals surface area contributed by atoms with Crippen molar-refractivity contribution < 1.29 is 22.3 Å². The summed E-state index contributed by atoms with van der Waals surface area (Å²) in [4.78, 5) is 22.1. The summed E-state index contributed by atoms with van der Waals surface area (Å²) in [5.74, 6) is 0.493. The predicted molar refractivity (Wildman–Crippen MR) is 179 cm³/mol. The maximum Gasteiger partial charge on any atom is 0.197 e. The van der Waals surface area contributed by atoms with Crippen LogP contribution in [0.3, 0.4) is 0 Å². The van der Waals surface area contributed by atoms with Crippen LogP contribution in [-0.2, 0) is 21.2 Å². The van der Waals surface area contributed by atoms with Gasteiger partial charge in [0.05, 0.1) is 40.5 Å². The smallest absolute Gasteiger partial charge is 0.197 e. The van der Waals surface area contributed by atoms with E-state index in [2.05, 4.69) is 25.3 Å². The fourth-order valence-electron chi connectivity index (χ4n) is 4.67. The minimum Gasteiger partial charge on any atom is -0.487 e. The molecule has 0 spiro atoms. The summed E-state index contributed by atoms with van der Waals surface area (Å²) in [6.45, 7) is 2.14. The second-order valence-corrected chi connectivity index (χ2v) is 13.7. The molecule has 0 saturated heterocycles. The first-order valence-corrected chi connectivity index (χ1v) is 17.5. The molecule has 10 nitrogen and oxygen atoms in total. The first-order chi connectivity index (χ1) is 22.8. The fourth-order valence-corrected chi connectivity index (χ4v) is 6.88. The van der Waals surface area contributed by atoms with Gasteiger partial charge in [-0.2, -0.15) is 0 Å².